The molecule has 25 heavy (non-hydrogen) atoms. The number of carboxylic acid groups (broad SMARTS) is 1. The molecule has 1 aromatic rings. The lowest BCUT2D eigenvalue weighted by Crippen LogP contribution is -2.57. The average Bonchev–Trinajstić information content (AvgIpc) is 2.53. The first-order chi connectivity index (χ1) is 11.6. The molecule has 7 N–H and O–H groups in total. The molecule has 138 valence electrons. The molecule has 1 aliphatic carbocycles. The first-order valence-electron chi connectivity index (χ1n) is 7.48. The standard InChI is InChI=1S/C16H20O9/c17-9-3-1-8(5-10(9)18)2-4-13(20)25-12-7-16(24,15(22)23)6-11(19)14(12)21/h1-5,11-14,17-21,24H,6-7H2,(H,22,23)/b4-2+/t11-,12-,13?,14+,16-/m1/s1. The predicted octanol–water partition coefficient (Wildman–Crippen LogP) is -0.854. The zero-order valence-electron chi connectivity index (χ0n) is 13.1. The van der Waals surface area contributed by atoms with Gasteiger partial charge in [0.25, 0.3) is 0 Å². The Morgan fingerprint density at radius 1 is 1.24 bits per heavy atom. The molecule has 9 nitrogen and oxygen atoms in total. The molecule has 5 atom stereocenters. The van der Waals surface area contributed by atoms with E-state index in [1.165, 1.54) is 24.3 Å². The van der Waals surface area contributed by atoms with Gasteiger partial charge in [0, 0.05) is 12.8 Å². The number of hydrogen-bond acceptors (Lipinski definition) is 8. The van der Waals surface area contributed by atoms with E-state index in [1.807, 2.05) is 0 Å². The third-order valence-corrected chi connectivity index (χ3v) is 4.03. The molecule has 0 radical (unpaired) electrons. The Labute approximate surface area is 142 Å². The van der Waals surface area contributed by atoms with Gasteiger partial charge in [0.05, 0.1) is 12.2 Å². The first kappa shape index (κ1) is 19.2. The Balaban J connectivity index is 2.04. The fourth-order valence-corrected chi connectivity index (χ4v) is 2.62. The minimum Gasteiger partial charge on any atom is -0.504 e. The monoisotopic (exact) mass is 356 g/mol. The van der Waals surface area contributed by atoms with E-state index in [-0.39, 0.29) is 11.5 Å². The lowest BCUT2D eigenvalue weighted by molar-refractivity contribution is -0.216. The normalized spacial score (nSPS) is 31.1. The summed E-state index contributed by atoms with van der Waals surface area (Å²) in [5.74, 6) is -2.22. The summed E-state index contributed by atoms with van der Waals surface area (Å²) in [6.45, 7) is 0. The topological polar surface area (TPSA) is 168 Å². The van der Waals surface area contributed by atoms with E-state index in [2.05, 4.69) is 0 Å². The van der Waals surface area contributed by atoms with Crippen LogP contribution in [0.1, 0.15) is 18.4 Å². The molecule has 0 saturated heterocycles. The van der Waals surface area contributed by atoms with Crippen LogP contribution in [-0.2, 0) is 9.53 Å². The molecule has 0 bridgehead atoms. The van der Waals surface area contributed by atoms with Crippen molar-refractivity contribution in [2.45, 2.75) is 43.0 Å². The van der Waals surface area contributed by atoms with Gasteiger partial charge in [-0.3, -0.25) is 0 Å². The average molecular weight is 356 g/mol. The van der Waals surface area contributed by atoms with Crippen molar-refractivity contribution < 1.29 is 45.3 Å². The highest BCUT2D eigenvalue weighted by atomic mass is 16.6. The van der Waals surface area contributed by atoms with Crippen LogP contribution in [0.25, 0.3) is 6.08 Å². The predicted molar refractivity (Wildman–Crippen MR) is 83.5 cm³/mol. The summed E-state index contributed by atoms with van der Waals surface area (Å²) in [4.78, 5) is 11.1. The van der Waals surface area contributed by atoms with Gasteiger partial charge < -0.3 is 40.5 Å². The summed E-state index contributed by atoms with van der Waals surface area (Å²) in [6, 6.07) is 3.94. The first-order valence-corrected chi connectivity index (χ1v) is 7.48. The molecule has 1 aromatic carbocycles. The Hall–Kier alpha value is -2.17. The molecular weight excluding hydrogens is 336 g/mol. The smallest absolute Gasteiger partial charge is 0.335 e. The van der Waals surface area contributed by atoms with Crippen LogP contribution in [0.15, 0.2) is 24.3 Å². The molecule has 9 heteroatoms. The van der Waals surface area contributed by atoms with Gasteiger partial charge in [-0.05, 0) is 23.8 Å². The molecule has 1 fully saturated rings. The van der Waals surface area contributed by atoms with E-state index >= 15 is 0 Å². The van der Waals surface area contributed by atoms with Gasteiger partial charge in [-0.2, -0.15) is 0 Å². The molecule has 2 rings (SSSR count). The third kappa shape index (κ3) is 4.47. The van der Waals surface area contributed by atoms with Crippen molar-refractivity contribution in [3.63, 3.8) is 0 Å². The SMILES string of the molecule is O=C(O)[C@@]1(O)C[C@@H](O)[C@H](O)[C@H](OC(O)/C=C/c2ccc(O)c(O)c2)C1. The van der Waals surface area contributed by atoms with E-state index in [0.717, 1.165) is 6.08 Å². The lowest BCUT2D eigenvalue weighted by Gasteiger charge is -2.40. The second-order valence-electron chi connectivity index (χ2n) is 5.98. The number of phenols is 2. The number of carboxylic acids is 1. The van der Waals surface area contributed by atoms with Gasteiger partial charge in [-0.1, -0.05) is 12.1 Å². The Morgan fingerprint density at radius 3 is 2.52 bits per heavy atom. The van der Waals surface area contributed by atoms with Gasteiger partial charge in [0.15, 0.2) is 23.4 Å². The number of aliphatic hydroxyl groups excluding tert-OH is 3. The molecule has 1 unspecified atom stereocenters. The van der Waals surface area contributed by atoms with Crippen molar-refractivity contribution in [1.82, 2.24) is 0 Å². The minimum absolute atomic E-state index is 0.304. The Bertz CT molecular complexity index is 659. The number of aliphatic carboxylic acids is 1. The summed E-state index contributed by atoms with van der Waals surface area (Å²) in [5.41, 5.74) is -1.83. The van der Waals surface area contributed by atoms with Gasteiger partial charge >= 0.3 is 5.97 Å². The lowest BCUT2D eigenvalue weighted by atomic mass is 9.79. The zero-order valence-corrected chi connectivity index (χ0v) is 13.1. The van der Waals surface area contributed by atoms with Crippen molar-refractivity contribution in [3.8, 4) is 11.5 Å². The number of carbonyl (C=O) groups is 1. The van der Waals surface area contributed by atoms with E-state index in [9.17, 15) is 35.4 Å². The molecule has 0 spiro atoms. The number of benzene rings is 1. The van der Waals surface area contributed by atoms with Gasteiger partial charge in [-0.15, -0.1) is 0 Å². The van der Waals surface area contributed by atoms with Crippen LogP contribution in [0.3, 0.4) is 0 Å². The largest absolute Gasteiger partial charge is 0.504 e. The maximum absolute atomic E-state index is 11.1. The maximum atomic E-state index is 11.1. The van der Waals surface area contributed by atoms with Crippen LogP contribution >= 0.6 is 0 Å². The van der Waals surface area contributed by atoms with Crippen LogP contribution in [0.5, 0.6) is 11.5 Å². The number of rotatable bonds is 5. The quantitative estimate of drug-likeness (QED) is 0.262. The fourth-order valence-electron chi connectivity index (χ4n) is 2.62. The molecule has 0 aromatic heterocycles. The Morgan fingerprint density at radius 2 is 1.92 bits per heavy atom. The fraction of sp³-hybridized carbons (Fsp3) is 0.438. The van der Waals surface area contributed by atoms with Gasteiger partial charge in [0.2, 0.25) is 0 Å². The summed E-state index contributed by atoms with van der Waals surface area (Å²) < 4.78 is 5.12. The van der Waals surface area contributed by atoms with Crippen molar-refractivity contribution in [2.24, 2.45) is 0 Å². The van der Waals surface area contributed by atoms with Crippen LogP contribution in [0.2, 0.25) is 0 Å². The molecule has 0 aliphatic heterocycles. The highest BCUT2D eigenvalue weighted by Crippen LogP contribution is 2.32. The molecule has 1 saturated carbocycles. The number of aromatic hydroxyl groups is 2. The summed E-state index contributed by atoms with van der Waals surface area (Å²) in [7, 11) is 0. The van der Waals surface area contributed by atoms with Crippen molar-refractivity contribution in [3.05, 3.63) is 29.8 Å². The van der Waals surface area contributed by atoms with E-state index in [0.29, 0.717) is 5.56 Å². The van der Waals surface area contributed by atoms with Crippen LogP contribution in [-0.4, -0.2) is 71.9 Å². The van der Waals surface area contributed by atoms with Crippen molar-refractivity contribution >= 4 is 12.0 Å². The summed E-state index contributed by atoms with van der Waals surface area (Å²) in [5, 5.41) is 67.0. The van der Waals surface area contributed by atoms with E-state index in [4.69, 9.17) is 9.84 Å². The van der Waals surface area contributed by atoms with Gasteiger partial charge in [0.1, 0.15) is 6.10 Å². The molecular formula is C16H20O9. The van der Waals surface area contributed by atoms with Gasteiger partial charge in [-0.25, -0.2) is 4.79 Å². The second-order valence-corrected chi connectivity index (χ2v) is 5.98. The second kappa shape index (κ2) is 7.38. The molecule has 0 heterocycles. The van der Waals surface area contributed by atoms with Crippen LogP contribution in [0, 0.1) is 0 Å². The number of phenolic OH excluding ortho intramolecular Hbond substituents is 2. The van der Waals surface area contributed by atoms with Crippen LogP contribution in [0.4, 0.5) is 0 Å². The summed E-state index contributed by atoms with van der Waals surface area (Å²) >= 11 is 0. The summed E-state index contributed by atoms with van der Waals surface area (Å²) in [6.07, 6.45) is -4.42. The van der Waals surface area contributed by atoms with Crippen LogP contribution < -0.4 is 0 Å². The van der Waals surface area contributed by atoms with Crippen molar-refractivity contribution in [2.75, 3.05) is 0 Å². The third-order valence-electron chi connectivity index (χ3n) is 4.03. The molecule has 1 aliphatic rings. The van der Waals surface area contributed by atoms with E-state index < -0.39 is 49.0 Å². The highest BCUT2D eigenvalue weighted by molar-refractivity contribution is 5.77. The van der Waals surface area contributed by atoms with E-state index in [1.54, 1.807) is 0 Å². The zero-order chi connectivity index (χ0) is 18.8. The number of hydrogen-bond donors (Lipinski definition) is 7. The Kier molecular flexibility index (Phi) is 5.65. The highest BCUT2D eigenvalue weighted by Gasteiger charge is 2.49. The number of ether oxygens (including phenoxy) is 1. The molecule has 0 amide bonds. The van der Waals surface area contributed by atoms with Crippen molar-refractivity contribution in [1.29, 1.82) is 0 Å². The maximum Gasteiger partial charge on any atom is 0.335 e. The number of aliphatic hydroxyl groups is 4. The minimum atomic E-state index is -2.27.